The van der Waals surface area contributed by atoms with Crippen molar-refractivity contribution >= 4 is 17.2 Å². The third kappa shape index (κ3) is 3.23. The minimum Gasteiger partial charge on any atom is -0.373 e. The second kappa shape index (κ2) is 6.62. The maximum Gasteiger partial charge on any atom is 0.226 e. The smallest absolute Gasteiger partial charge is 0.226 e. The lowest BCUT2D eigenvalue weighted by molar-refractivity contribution is -0.126. The number of rotatable bonds is 5. The molecule has 1 aliphatic rings. The van der Waals surface area contributed by atoms with Gasteiger partial charge in [-0.3, -0.25) is 9.48 Å². The van der Waals surface area contributed by atoms with Gasteiger partial charge in [0, 0.05) is 36.8 Å². The van der Waals surface area contributed by atoms with E-state index >= 15 is 0 Å². The Bertz CT molecular complexity index is 649. The van der Waals surface area contributed by atoms with Gasteiger partial charge in [0.15, 0.2) is 0 Å². The fraction of sp³-hybridized carbons (Fsp3) is 0.500. The summed E-state index contributed by atoms with van der Waals surface area (Å²) in [5, 5.41) is 9.32. The monoisotopic (exact) mass is 319 g/mol. The van der Waals surface area contributed by atoms with Crippen molar-refractivity contribution in [1.82, 2.24) is 15.1 Å². The number of hydrogen-bond acceptors (Lipinski definition) is 4. The molecule has 1 N–H and O–H groups in total. The summed E-state index contributed by atoms with van der Waals surface area (Å²) in [5.41, 5.74) is 2.28. The average Bonchev–Trinajstić information content (AvgIpc) is 3.20. The summed E-state index contributed by atoms with van der Waals surface area (Å²) in [4.78, 5) is 13.8. The number of thiophene rings is 1. The zero-order valence-electron chi connectivity index (χ0n) is 12.9. The zero-order chi connectivity index (χ0) is 15.5. The number of ether oxygens (including phenoxy) is 1. The molecular formula is C16H21N3O2S. The Kier molecular flexibility index (Phi) is 4.59. The Morgan fingerprint density at radius 1 is 1.59 bits per heavy atom. The van der Waals surface area contributed by atoms with E-state index in [0.717, 1.165) is 18.4 Å². The molecule has 1 saturated heterocycles. The summed E-state index contributed by atoms with van der Waals surface area (Å²) in [7, 11) is 1.87. The molecule has 0 unspecified atom stereocenters. The Labute approximate surface area is 134 Å². The van der Waals surface area contributed by atoms with Crippen LogP contribution < -0.4 is 5.32 Å². The molecule has 2 atom stereocenters. The van der Waals surface area contributed by atoms with Crippen LogP contribution in [0.15, 0.2) is 23.8 Å². The normalized spacial score (nSPS) is 21.2. The molecule has 3 rings (SSSR count). The molecule has 0 bridgehead atoms. The highest BCUT2D eigenvalue weighted by molar-refractivity contribution is 7.10. The predicted octanol–water partition coefficient (Wildman–Crippen LogP) is 2.23. The number of aryl methyl sites for hydroxylation is 2. The summed E-state index contributed by atoms with van der Waals surface area (Å²) < 4.78 is 7.49. The molecule has 2 aromatic heterocycles. The molecule has 0 aromatic carbocycles. The first kappa shape index (κ1) is 15.2. The molecule has 1 aliphatic heterocycles. The molecule has 3 heterocycles. The average molecular weight is 319 g/mol. The van der Waals surface area contributed by atoms with Crippen LogP contribution in [-0.2, 0) is 23.0 Å². The second-order valence-corrected chi connectivity index (χ2v) is 6.70. The van der Waals surface area contributed by atoms with Gasteiger partial charge in [0.1, 0.15) is 0 Å². The van der Waals surface area contributed by atoms with Crippen molar-refractivity contribution in [3.63, 3.8) is 0 Å². The predicted molar refractivity (Wildman–Crippen MR) is 85.8 cm³/mol. The maximum atomic E-state index is 12.4. The topological polar surface area (TPSA) is 56.1 Å². The Balaban J connectivity index is 1.56. The first-order chi connectivity index (χ1) is 10.6. The van der Waals surface area contributed by atoms with Gasteiger partial charge in [-0.1, -0.05) is 0 Å². The molecule has 5 nitrogen and oxygen atoms in total. The highest BCUT2D eigenvalue weighted by Gasteiger charge is 2.35. The molecule has 0 spiro atoms. The van der Waals surface area contributed by atoms with Crippen LogP contribution in [0.3, 0.4) is 0 Å². The molecular weight excluding hydrogens is 298 g/mol. The van der Waals surface area contributed by atoms with Gasteiger partial charge in [0.25, 0.3) is 0 Å². The van der Waals surface area contributed by atoms with Crippen LogP contribution >= 0.6 is 11.3 Å². The van der Waals surface area contributed by atoms with Gasteiger partial charge in [0.2, 0.25) is 5.91 Å². The maximum absolute atomic E-state index is 12.4. The van der Waals surface area contributed by atoms with Gasteiger partial charge in [-0.05, 0) is 36.8 Å². The van der Waals surface area contributed by atoms with Crippen molar-refractivity contribution in [2.24, 2.45) is 13.0 Å². The molecule has 0 saturated carbocycles. The van der Waals surface area contributed by atoms with Crippen LogP contribution in [0, 0.1) is 12.8 Å². The summed E-state index contributed by atoms with van der Waals surface area (Å²) >= 11 is 1.75. The SMILES string of the molecule is Cc1ccsc1CCNC(=O)[C@H]1CCO[C@@H]1c1cnn(C)c1. The summed E-state index contributed by atoms with van der Waals surface area (Å²) in [5.74, 6) is -0.0332. The molecule has 1 fully saturated rings. The third-order valence-electron chi connectivity index (χ3n) is 4.10. The summed E-state index contributed by atoms with van der Waals surface area (Å²) in [6, 6.07) is 2.12. The number of hydrogen-bond donors (Lipinski definition) is 1. The fourth-order valence-electron chi connectivity index (χ4n) is 2.86. The van der Waals surface area contributed by atoms with E-state index < -0.39 is 0 Å². The molecule has 118 valence electrons. The Hall–Kier alpha value is -1.66. The fourth-order valence-corrected chi connectivity index (χ4v) is 3.77. The third-order valence-corrected chi connectivity index (χ3v) is 5.18. The van der Waals surface area contributed by atoms with Crippen LogP contribution in [0.2, 0.25) is 0 Å². The minimum atomic E-state index is -0.169. The van der Waals surface area contributed by atoms with Crippen LogP contribution in [0.5, 0.6) is 0 Å². The van der Waals surface area contributed by atoms with Gasteiger partial charge < -0.3 is 10.1 Å². The van der Waals surface area contributed by atoms with Gasteiger partial charge in [-0.15, -0.1) is 11.3 Å². The van der Waals surface area contributed by atoms with E-state index in [9.17, 15) is 4.79 Å². The van der Waals surface area contributed by atoms with Crippen LogP contribution in [-0.4, -0.2) is 28.8 Å². The van der Waals surface area contributed by atoms with Crippen molar-refractivity contribution in [1.29, 1.82) is 0 Å². The number of nitrogens with zero attached hydrogens (tertiary/aromatic N) is 2. The van der Waals surface area contributed by atoms with Crippen molar-refractivity contribution < 1.29 is 9.53 Å². The number of carbonyl (C=O) groups is 1. The van der Waals surface area contributed by atoms with E-state index in [-0.39, 0.29) is 17.9 Å². The molecule has 6 heteroatoms. The van der Waals surface area contributed by atoms with Gasteiger partial charge in [-0.2, -0.15) is 5.10 Å². The standard InChI is InChI=1S/C16H21N3O2S/c1-11-5-8-22-14(11)3-6-17-16(20)13-4-7-21-15(13)12-9-18-19(2)10-12/h5,8-10,13,15H,3-4,6-7H2,1-2H3,(H,17,20)/t13-,15+/m0/s1. The largest absolute Gasteiger partial charge is 0.373 e. The van der Waals surface area contributed by atoms with Gasteiger partial charge in [0.05, 0.1) is 18.2 Å². The van der Waals surface area contributed by atoms with E-state index in [2.05, 4.69) is 28.8 Å². The molecule has 2 aromatic rings. The summed E-state index contributed by atoms with van der Waals surface area (Å²) in [6.45, 7) is 3.41. The van der Waals surface area contributed by atoms with Crippen LogP contribution in [0.1, 0.15) is 28.5 Å². The quantitative estimate of drug-likeness (QED) is 0.919. The first-order valence-corrected chi connectivity index (χ1v) is 8.44. The van der Waals surface area contributed by atoms with Crippen molar-refractivity contribution in [2.45, 2.75) is 25.9 Å². The van der Waals surface area contributed by atoms with Crippen molar-refractivity contribution in [2.75, 3.05) is 13.2 Å². The molecule has 22 heavy (non-hydrogen) atoms. The lowest BCUT2D eigenvalue weighted by Crippen LogP contribution is -2.33. The van der Waals surface area contributed by atoms with E-state index in [4.69, 9.17) is 4.74 Å². The Morgan fingerprint density at radius 2 is 2.45 bits per heavy atom. The van der Waals surface area contributed by atoms with Gasteiger partial charge in [-0.25, -0.2) is 0 Å². The lowest BCUT2D eigenvalue weighted by Gasteiger charge is -2.16. The van der Waals surface area contributed by atoms with Crippen molar-refractivity contribution in [3.8, 4) is 0 Å². The summed E-state index contributed by atoms with van der Waals surface area (Å²) in [6.07, 6.45) is 5.19. The number of amides is 1. The van der Waals surface area contributed by atoms with Gasteiger partial charge >= 0.3 is 0 Å². The van der Waals surface area contributed by atoms with E-state index in [1.54, 1.807) is 22.2 Å². The number of aromatic nitrogens is 2. The first-order valence-electron chi connectivity index (χ1n) is 7.56. The zero-order valence-corrected chi connectivity index (χ0v) is 13.7. The highest BCUT2D eigenvalue weighted by Crippen LogP contribution is 2.34. The van der Waals surface area contributed by atoms with E-state index in [1.807, 2.05) is 13.2 Å². The second-order valence-electron chi connectivity index (χ2n) is 5.70. The van der Waals surface area contributed by atoms with E-state index in [1.165, 1.54) is 10.4 Å². The highest BCUT2D eigenvalue weighted by atomic mass is 32.1. The van der Waals surface area contributed by atoms with Crippen molar-refractivity contribution in [3.05, 3.63) is 39.8 Å². The number of carbonyl (C=O) groups excluding carboxylic acids is 1. The number of nitrogens with one attached hydrogen (secondary N) is 1. The molecule has 0 aliphatic carbocycles. The lowest BCUT2D eigenvalue weighted by atomic mass is 9.96. The minimum absolute atomic E-state index is 0.0839. The van der Waals surface area contributed by atoms with Crippen LogP contribution in [0.4, 0.5) is 0 Å². The molecule has 1 amide bonds. The van der Waals surface area contributed by atoms with E-state index in [0.29, 0.717) is 13.2 Å². The van der Waals surface area contributed by atoms with Crippen LogP contribution in [0.25, 0.3) is 0 Å². The molecule has 0 radical (unpaired) electrons. The Morgan fingerprint density at radius 3 is 3.14 bits per heavy atom.